The van der Waals surface area contributed by atoms with E-state index in [2.05, 4.69) is 26.2 Å². The lowest BCUT2D eigenvalue weighted by molar-refractivity contribution is 0.0950. The first kappa shape index (κ1) is 12.4. The lowest BCUT2D eigenvalue weighted by Crippen LogP contribution is -2.33. The van der Waals surface area contributed by atoms with Gasteiger partial charge < -0.3 is 10.3 Å². The molecule has 1 fully saturated rings. The Hall–Kier alpha value is -0.0700. The van der Waals surface area contributed by atoms with Gasteiger partial charge in [-0.2, -0.15) is 23.5 Å². The largest absolute Gasteiger partial charge is 0.356 e. The van der Waals surface area contributed by atoms with Crippen molar-refractivity contribution in [1.29, 1.82) is 0 Å². The zero-order valence-electron chi connectivity index (χ0n) is 8.66. The average Bonchev–Trinajstić information content (AvgIpc) is 2.74. The summed E-state index contributed by atoms with van der Waals surface area (Å²) in [5, 5.41) is 3.51. The minimum atomic E-state index is -0.0260. The summed E-state index contributed by atoms with van der Waals surface area (Å²) in [5.41, 5.74) is 0.611. The van der Waals surface area contributed by atoms with Crippen LogP contribution in [0.15, 0.2) is 16.7 Å². The van der Waals surface area contributed by atoms with E-state index in [4.69, 9.17) is 0 Å². The highest BCUT2D eigenvalue weighted by atomic mass is 79.9. The third-order valence-corrected chi connectivity index (χ3v) is 5.57. The number of carbonyl (C=O) groups is 1. The van der Waals surface area contributed by atoms with Crippen molar-refractivity contribution in [3.63, 3.8) is 0 Å². The molecule has 1 amide bonds. The fourth-order valence-corrected chi connectivity index (χ4v) is 4.41. The average molecular weight is 321 g/mol. The molecule has 0 aromatic carbocycles. The molecule has 1 aliphatic heterocycles. The molecule has 1 aliphatic rings. The zero-order valence-corrected chi connectivity index (χ0v) is 11.9. The van der Waals surface area contributed by atoms with Gasteiger partial charge in [-0.15, -0.1) is 0 Å². The van der Waals surface area contributed by atoms with Crippen LogP contribution in [0.3, 0.4) is 0 Å². The minimum Gasteiger partial charge on any atom is -0.356 e. The smallest absolute Gasteiger partial charge is 0.267 e. The first-order valence-electron chi connectivity index (χ1n) is 5.07. The molecule has 2 heterocycles. The van der Waals surface area contributed by atoms with Gasteiger partial charge in [0.2, 0.25) is 0 Å². The van der Waals surface area contributed by atoms with Crippen LogP contribution in [-0.2, 0) is 0 Å². The molecule has 1 unspecified atom stereocenters. The summed E-state index contributed by atoms with van der Waals surface area (Å²) in [7, 11) is 0. The molecule has 1 aromatic heterocycles. The third kappa shape index (κ3) is 3.46. The monoisotopic (exact) mass is 320 g/mol. The molecule has 2 N–H and O–H groups in total. The molecule has 1 aromatic rings. The van der Waals surface area contributed by atoms with Crippen molar-refractivity contribution < 1.29 is 4.79 Å². The van der Waals surface area contributed by atoms with Crippen LogP contribution in [0.4, 0.5) is 0 Å². The Morgan fingerprint density at radius 3 is 3.12 bits per heavy atom. The molecule has 88 valence electrons. The van der Waals surface area contributed by atoms with Crippen molar-refractivity contribution in [2.75, 3.05) is 23.8 Å². The Morgan fingerprint density at radius 2 is 2.50 bits per heavy atom. The zero-order chi connectivity index (χ0) is 11.4. The molecule has 1 saturated heterocycles. The fraction of sp³-hybridized carbons (Fsp3) is 0.500. The molecular weight excluding hydrogens is 308 g/mol. The van der Waals surface area contributed by atoms with E-state index in [0.717, 1.165) is 16.8 Å². The SMILES string of the molecule is O=C(NCC1CSCCS1)c1cc(Br)c[nH]1. The number of rotatable bonds is 3. The number of carbonyl (C=O) groups excluding carboxylic acids is 1. The number of halogens is 1. The highest BCUT2D eigenvalue weighted by Gasteiger charge is 2.16. The normalized spacial score (nSPS) is 20.7. The van der Waals surface area contributed by atoms with Gasteiger partial charge in [-0.1, -0.05) is 0 Å². The second-order valence-electron chi connectivity index (χ2n) is 3.51. The first-order chi connectivity index (χ1) is 7.75. The fourth-order valence-electron chi connectivity index (χ4n) is 1.46. The van der Waals surface area contributed by atoms with Crippen molar-refractivity contribution in [2.24, 2.45) is 0 Å². The lowest BCUT2D eigenvalue weighted by Gasteiger charge is -2.20. The molecule has 1 atom stereocenters. The second kappa shape index (κ2) is 6.02. The summed E-state index contributed by atoms with van der Waals surface area (Å²) in [4.78, 5) is 14.6. The maximum atomic E-state index is 11.7. The van der Waals surface area contributed by atoms with Crippen molar-refractivity contribution in [1.82, 2.24) is 10.3 Å². The summed E-state index contributed by atoms with van der Waals surface area (Å²) in [6.45, 7) is 0.757. The first-order valence-corrected chi connectivity index (χ1v) is 8.07. The van der Waals surface area contributed by atoms with Gasteiger partial charge in [0.25, 0.3) is 5.91 Å². The molecule has 0 bridgehead atoms. The molecule has 6 heteroatoms. The van der Waals surface area contributed by atoms with E-state index < -0.39 is 0 Å². The Morgan fingerprint density at radius 1 is 1.62 bits per heavy atom. The summed E-state index contributed by atoms with van der Waals surface area (Å²) in [6, 6.07) is 1.79. The molecule has 3 nitrogen and oxygen atoms in total. The summed E-state index contributed by atoms with van der Waals surface area (Å²) < 4.78 is 0.903. The highest BCUT2D eigenvalue weighted by Crippen LogP contribution is 2.23. The van der Waals surface area contributed by atoms with E-state index >= 15 is 0 Å². The summed E-state index contributed by atoms with van der Waals surface area (Å²) >= 11 is 7.23. The summed E-state index contributed by atoms with van der Waals surface area (Å²) in [6.07, 6.45) is 1.76. The number of hydrogen-bond acceptors (Lipinski definition) is 3. The third-order valence-electron chi connectivity index (χ3n) is 2.27. The molecule has 0 spiro atoms. The van der Waals surface area contributed by atoms with Gasteiger partial charge in [0, 0.05) is 39.7 Å². The van der Waals surface area contributed by atoms with Crippen LogP contribution in [0.2, 0.25) is 0 Å². The van der Waals surface area contributed by atoms with Gasteiger partial charge in [-0.05, 0) is 22.0 Å². The Kier molecular flexibility index (Phi) is 4.66. The van der Waals surface area contributed by atoms with Crippen molar-refractivity contribution >= 4 is 45.4 Å². The highest BCUT2D eigenvalue weighted by molar-refractivity contribution is 9.10. The molecule has 16 heavy (non-hydrogen) atoms. The number of hydrogen-bond donors (Lipinski definition) is 2. The van der Waals surface area contributed by atoms with Gasteiger partial charge in [0.15, 0.2) is 0 Å². The van der Waals surface area contributed by atoms with Gasteiger partial charge in [-0.25, -0.2) is 0 Å². The molecule has 0 aliphatic carbocycles. The van der Waals surface area contributed by atoms with Crippen LogP contribution in [0, 0.1) is 0 Å². The van der Waals surface area contributed by atoms with E-state index in [9.17, 15) is 4.79 Å². The Labute approximate surface area is 112 Å². The number of aromatic nitrogens is 1. The van der Waals surface area contributed by atoms with Gasteiger partial charge >= 0.3 is 0 Å². The van der Waals surface area contributed by atoms with Crippen LogP contribution >= 0.6 is 39.5 Å². The minimum absolute atomic E-state index is 0.0260. The predicted octanol–water partition coefficient (Wildman–Crippen LogP) is 2.36. The van der Waals surface area contributed by atoms with E-state index in [1.54, 1.807) is 12.3 Å². The van der Waals surface area contributed by atoms with Crippen molar-refractivity contribution in [2.45, 2.75) is 5.25 Å². The number of nitrogens with one attached hydrogen (secondary N) is 2. The topological polar surface area (TPSA) is 44.9 Å². The maximum Gasteiger partial charge on any atom is 0.267 e. The van der Waals surface area contributed by atoms with Crippen molar-refractivity contribution in [3.8, 4) is 0 Å². The van der Waals surface area contributed by atoms with Gasteiger partial charge in [0.1, 0.15) is 5.69 Å². The quantitative estimate of drug-likeness (QED) is 0.898. The van der Waals surface area contributed by atoms with E-state index in [1.807, 2.05) is 23.5 Å². The van der Waals surface area contributed by atoms with E-state index in [0.29, 0.717) is 10.9 Å². The van der Waals surface area contributed by atoms with Crippen molar-refractivity contribution in [3.05, 3.63) is 22.4 Å². The van der Waals surface area contributed by atoms with Crippen LogP contribution in [-0.4, -0.2) is 39.9 Å². The predicted molar refractivity (Wildman–Crippen MR) is 74.4 cm³/mol. The van der Waals surface area contributed by atoms with Crippen LogP contribution in [0.5, 0.6) is 0 Å². The number of amides is 1. The second-order valence-corrected chi connectivity index (χ2v) is 6.98. The van der Waals surface area contributed by atoms with E-state index in [1.165, 1.54) is 11.5 Å². The molecular formula is C10H13BrN2OS2. The van der Waals surface area contributed by atoms with Gasteiger partial charge in [-0.3, -0.25) is 4.79 Å². The molecule has 0 radical (unpaired) electrons. The van der Waals surface area contributed by atoms with Crippen LogP contribution in [0.1, 0.15) is 10.5 Å². The number of H-pyrrole nitrogens is 1. The van der Waals surface area contributed by atoms with E-state index in [-0.39, 0.29) is 5.91 Å². The lowest BCUT2D eigenvalue weighted by atomic mass is 10.4. The Bertz CT molecular complexity index is 363. The summed E-state index contributed by atoms with van der Waals surface area (Å²) in [5.74, 6) is 3.54. The Balaban J connectivity index is 1.79. The number of thioether (sulfide) groups is 2. The molecule has 2 rings (SSSR count). The maximum absolute atomic E-state index is 11.7. The van der Waals surface area contributed by atoms with Gasteiger partial charge in [0.05, 0.1) is 0 Å². The van der Waals surface area contributed by atoms with Crippen LogP contribution in [0.25, 0.3) is 0 Å². The van der Waals surface area contributed by atoms with Crippen LogP contribution < -0.4 is 5.32 Å². The standard InChI is InChI=1S/C10H13BrN2OS2/c11-7-3-9(12-4-7)10(14)13-5-8-6-15-1-2-16-8/h3-4,8,12H,1-2,5-6H2,(H,13,14). The number of aromatic amines is 1. The molecule has 0 saturated carbocycles.